The normalized spacial score (nSPS) is 18.7. The molecule has 1 atom stereocenters. The van der Waals surface area contributed by atoms with Crippen molar-refractivity contribution in [1.82, 2.24) is 14.9 Å². The van der Waals surface area contributed by atoms with Gasteiger partial charge in [0.15, 0.2) is 0 Å². The summed E-state index contributed by atoms with van der Waals surface area (Å²) in [6, 6.07) is 4.24. The zero-order valence-corrected chi connectivity index (χ0v) is 18.6. The van der Waals surface area contributed by atoms with Gasteiger partial charge in [0.1, 0.15) is 22.7 Å². The predicted molar refractivity (Wildman–Crippen MR) is 119 cm³/mol. The lowest BCUT2D eigenvalue weighted by Gasteiger charge is -2.37. The average Bonchev–Trinajstić information content (AvgIpc) is 3.34. The number of carbonyl (C=O) groups is 1. The minimum absolute atomic E-state index is 0.00375. The lowest BCUT2D eigenvalue weighted by molar-refractivity contribution is -0.139. The number of nitrogens with zero attached hydrogens (tertiary/aromatic N) is 4. The molecule has 1 saturated heterocycles. The Morgan fingerprint density at radius 2 is 2.00 bits per heavy atom. The van der Waals surface area contributed by atoms with Crippen LogP contribution in [0, 0.1) is 19.8 Å². The fraction of sp³-hybridized carbons (Fsp3) is 0.522. The fourth-order valence-corrected chi connectivity index (χ4v) is 5.65. The average molecular weight is 425 g/mol. The Balaban J connectivity index is 1.32. The van der Waals surface area contributed by atoms with E-state index in [9.17, 15) is 4.79 Å². The molecule has 3 aromatic rings. The summed E-state index contributed by atoms with van der Waals surface area (Å²) in [5.74, 6) is 2.26. The number of thiophene rings is 1. The van der Waals surface area contributed by atoms with Crippen molar-refractivity contribution in [1.29, 1.82) is 0 Å². The largest absolute Gasteiger partial charge is 0.467 e. The molecule has 1 aliphatic carbocycles. The molecular formula is C23H28N4O2S. The molecule has 2 aliphatic rings. The van der Waals surface area contributed by atoms with Crippen molar-refractivity contribution >= 4 is 33.3 Å². The molecule has 30 heavy (non-hydrogen) atoms. The molecule has 1 saturated carbocycles. The van der Waals surface area contributed by atoms with Crippen LogP contribution in [0.1, 0.15) is 54.8 Å². The minimum atomic E-state index is -0.00375. The molecule has 158 valence electrons. The van der Waals surface area contributed by atoms with E-state index < -0.39 is 0 Å². The molecule has 4 heterocycles. The Kier molecular flexibility index (Phi) is 5.01. The summed E-state index contributed by atoms with van der Waals surface area (Å²) in [6.07, 6.45) is 7.29. The van der Waals surface area contributed by atoms with Crippen molar-refractivity contribution in [3.63, 3.8) is 0 Å². The minimum Gasteiger partial charge on any atom is -0.467 e. The highest BCUT2D eigenvalue weighted by atomic mass is 32.1. The quantitative estimate of drug-likeness (QED) is 0.585. The standard InChI is InChI=1S/C23H28N4O2S/c1-14-16(3)30-22-20(14)21(24-13-25-22)26-10-8-17(9-11-26)23(28)27(18-6-7-18)15(2)19-5-4-12-29-19/h4-5,12-13,15,17-18H,6-11H2,1-3H3. The summed E-state index contributed by atoms with van der Waals surface area (Å²) in [5.41, 5.74) is 1.27. The maximum absolute atomic E-state index is 13.5. The van der Waals surface area contributed by atoms with E-state index in [1.165, 1.54) is 15.8 Å². The van der Waals surface area contributed by atoms with Crippen LogP contribution in [-0.4, -0.2) is 39.9 Å². The topological polar surface area (TPSA) is 62.5 Å². The third-order valence-corrected chi connectivity index (χ3v) is 7.77. The Hall–Kier alpha value is -2.41. The molecule has 6 nitrogen and oxygen atoms in total. The zero-order chi connectivity index (χ0) is 20.8. The molecule has 0 N–H and O–H groups in total. The monoisotopic (exact) mass is 424 g/mol. The highest BCUT2D eigenvalue weighted by Crippen LogP contribution is 2.39. The van der Waals surface area contributed by atoms with Crippen LogP contribution in [0.25, 0.3) is 10.2 Å². The number of piperidine rings is 1. The van der Waals surface area contributed by atoms with Crippen LogP contribution in [0.5, 0.6) is 0 Å². The Labute approximate surface area is 180 Å². The number of rotatable bonds is 5. The number of aryl methyl sites for hydroxylation is 2. The molecule has 2 fully saturated rings. The summed E-state index contributed by atoms with van der Waals surface area (Å²) < 4.78 is 5.61. The van der Waals surface area contributed by atoms with Crippen LogP contribution in [-0.2, 0) is 4.79 Å². The number of carbonyl (C=O) groups excluding carboxylic acids is 1. The number of fused-ring (bicyclic) bond motifs is 1. The molecule has 7 heteroatoms. The summed E-state index contributed by atoms with van der Waals surface area (Å²) in [4.78, 5) is 29.3. The van der Waals surface area contributed by atoms with Gasteiger partial charge >= 0.3 is 0 Å². The number of anilines is 1. The van der Waals surface area contributed by atoms with Gasteiger partial charge in [-0.2, -0.15) is 0 Å². The van der Waals surface area contributed by atoms with Crippen LogP contribution in [0.4, 0.5) is 5.82 Å². The van der Waals surface area contributed by atoms with Crippen molar-refractivity contribution in [2.75, 3.05) is 18.0 Å². The second-order valence-corrected chi connectivity index (χ2v) is 9.79. The molecule has 0 radical (unpaired) electrons. The SMILES string of the molecule is Cc1sc2ncnc(N3CCC(C(=O)N(C4CC4)C(C)c4ccco4)CC3)c2c1C. The van der Waals surface area contributed by atoms with Crippen LogP contribution in [0.15, 0.2) is 29.1 Å². The van der Waals surface area contributed by atoms with E-state index in [1.807, 2.05) is 12.1 Å². The predicted octanol–water partition coefficient (Wildman–Crippen LogP) is 4.87. The van der Waals surface area contributed by atoms with Crippen molar-refractivity contribution < 1.29 is 9.21 Å². The summed E-state index contributed by atoms with van der Waals surface area (Å²) in [5, 5.41) is 1.18. The lowest BCUT2D eigenvalue weighted by Crippen LogP contribution is -2.44. The van der Waals surface area contributed by atoms with Crippen molar-refractivity contribution in [2.45, 2.75) is 58.5 Å². The molecule has 0 bridgehead atoms. The lowest BCUT2D eigenvalue weighted by atomic mass is 9.94. The van der Waals surface area contributed by atoms with Gasteiger partial charge in [0.05, 0.1) is 17.7 Å². The van der Waals surface area contributed by atoms with Crippen LogP contribution in [0.2, 0.25) is 0 Å². The van der Waals surface area contributed by atoms with E-state index >= 15 is 0 Å². The van der Waals surface area contributed by atoms with Gasteiger partial charge < -0.3 is 14.2 Å². The van der Waals surface area contributed by atoms with Crippen molar-refractivity contribution in [2.24, 2.45) is 5.92 Å². The molecule has 0 aromatic carbocycles. The Morgan fingerprint density at radius 3 is 2.67 bits per heavy atom. The van der Waals surface area contributed by atoms with E-state index in [1.54, 1.807) is 23.9 Å². The maximum Gasteiger partial charge on any atom is 0.226 e. The number of amides is 1. The third kappa shape index (κ3) is 3.39. The van der Waals surface area contributed by atoms with Gasteiger partial charge in [-0.15, -0.1) is 11.3 Å². The molecule has 1 unspecified atom stereocenters. The molecule has 1 amide bonds. The molecule has 1 aliphatic heterocycles. The van der Waals surface area contributed by atoms with Gasteiger partial charge in [0, 0.05) is 29.9 Å². The number of aromatic nitrogens is 2. The summed E-state index contributed by atoms with van der Waals surface area (Å²) in [7, 11) is 0. The first-order valence-electron chi connectivity index (χ1n) is 10.9. The molecular weight excluding hydrogens is 396 g/mol. The van der Waals surface area contributed by atoms with E-state index in [-0.39, 0.29) is 17.9 Å². The first kappa shape index (κ1) is 19.5. The third-order valence-electron chi connectivity index (χ3n) is 6.66. The van der Waals surface area contributed by atoms with Crippen LogP contribution in [0.3, 0.4) is 0 Å². The number of furan rings is 1. The van der Waals surface area contributed by atoms with Crippen molar-refractivity contribution in [3.05, 3.63) is 40.9 Å². The highest BCUT2D eigenvalue weighted by molar-refractivity contribution is 7.18. The first-order chi connectivity index (χ1) is 14.5. The van der Waals surface area contributed by atoms with Gasteiger partial charge in [-0.1, -0.05) is 0 Å². The zero-order valence-electron chi connectivity index (χ0n) is 17.8. The van der Waals surface area contributed by atoms with Crippen LogP contribution >= 0.6 is 11.3 Å². The summed E-state index contributed by atoms with van der Waals surface area (Å²) >= 11 is 1.73. The van der Waals surface area contributed by atoms with Crippen molar-refractivity contribution in [3.8, 4) is 0 Å². The molecule has 0 spiro atoms. The Bertz CT molecular complexity index is 1050. The van der Waals surface area contributed by atoms with Gasteiger partial charge in [-0.3, -0.25) is 4.79 Å². The summed E-state index contributed by atoms with van der Waals surface area (Å²) in [6.45, 7) is 8.09. The van der Waals surface area contributed by atoms with Gasteiger partial charge in [0.2, 0.25) is 5.91 Å². The van der Waals surface area contributed by atoms with Gasteiger partial charge in [-0.05, 0) is 64.2 Å². The van der Waals surface area contributed by atoms with E-state index in [0.717, 1.165) is 55.2 Å². The molecule has 3 aromatic heterocycles. The highest BCUT2D eigenvalue weighted by Gasteiger charge is 2.40. The fourth-order valence-electron chi connectivity index (χ4n) is 4.66. The second-order valence-electron chi connectivity index (χ2n) is 8.59. The van der Waals surface area contributed by atoms with E-state index in [2.05, 4.69) is 40.5 Å². The van der Waals surface area contributed by atoms with E-state index in [0.29, 0.717) is 6.04 Å². The first-order valence-corrected chi connectivity index (χ1v) is 11.7. The van der Waals surface area contributed by atoms with Crippen LogP contribution < -0.4 is 4.90 Å². The number of hydrogen-bond acceptors (Lipinski definition) is 6. The molecule has 5 rings (SSSR count). The van der Waals surface area contributed by atoms with Gasteiger partial charge in [0.25, 0.3) is 0 Å². The van der Waals surface area contributed by atoms with E-state index in [4.69, 9.17) is 4.42 Å². The van der Waals surface area contributed by atoms with Gasteiger partial charge in [-0.25, -0.2) is 9.97 Å². The second kappa shape index (κ2) is 7.69. The maximum atomic E-state index is 13.5. The Morgan fingerprint density at radius 1 is 1.23 bits per heavy atom. The smallest absolute Gasteiger partial charge is 0.226 e. The number of hydrogen-bond donors (Lipinski definition) is 0.